The van der Waals surface area contributed by atoms with E-state index >= 15 is 0 Å². The van der Waals surface area contributed by atoms with Crippen molar-refractivity contribution >= 4 is 5.91 Å². The molecular formula is C22H26F3N2O3+. The van der Waals surface area contributed by atoms with Gasteiger partial charge < -0.3 is 19.3 Å². The van der Waals surface area contributed by atoms with Crippen LogP contribution in [-0.4, -0.2) is 50.7 Å². The van der Waals surface area contributed by atoms with Gasteiger partial charge in [-0.3, -0.25) is 4.79 Å². The first kappa shape index (κ1) is 22.0. The second kappa shape index (κ2) is 9.38. The number of hydrogen-bond acceptors (Lipinski definition) is 3. The highest BCUT2D eigenvalue weighted by atomic mass is 19.4. The van der Waals surface area contributed by atoms with Gasteiger partial charge in [-0.05, 0) is 37.3 Å². The number of nitrogens with zero attached hydrogens (tertiary/aromatic N) is 1. The lowest BCUT2D eigenvalue weighted by molar-refractivity contribution is -0.917. The Hall–Kier alpha value is -2.74. The smallest absolute Gasteiger partial charge is 0.416 e. The van der Waals surface area contributed by atoms with E-state index in [2.05, 4.69) is 0 Å². The van der Waals surface area contributed by atoms with Gasteiger partial charge in [-0.2, -0.15) is 13.2 Å². The molecule has 1 amide bonds. The number of alkyl halides is 3. The van der Waals surface area contributed by atoms with Gasteiger partial charge >= 0.3 is 6.18 Å². The molecule has 1 N–H and O–H groups in total. The fourth-order valence-corrected chi connectivity index (χ4v) is 3.61. The van der Waals surface area contributed by atoms with Crippen molar-refractivity contribution in [2.75, 3.05) is 39.9 Å². The molecule has 1 saturated heterocycles. The quantitative estimate of drug-likeness (QED) is 0.777. The molecule has 1 aliphatic heterocycles. The number of carbonyl (C=O) groups is 1. The van der Waals surface area contributed by atoms with Crippen molar-refractivity contribution < 1.29 is 32.3 Å². The topological polar surface area (TPSA) is 43.2 Å². The summed E-state index contributed by atoms with van der Waals surface area (Å²) in [5.41, 5.74) is 0.546. The Bertz CT molecular complexity index is 878. The SMILES string of the molecule is CCOc1ccc(C(=O)N2CC[NH+](Cc3cccc(C(F)(F)F)c3)CC2)cc1OC. The molecule has 2 aromatic rings. The van der Waals surface area contributed by atoms with Crippen molar-refractivity contribution in [1.82, 2.24) is 4.90 Å². The monoisotopic (exact) mass is 423 g/mol. The summed E-state index contributed by atoms with van der Waals surface area (Å²) in [7, 11) is 1.53. The van der Waals surface area contributed by atoms with E-state index in [0.717, 1.165) is 11.0 Å². The van der Waals surface area contributed by atoms with Crippen molar-refractivity contribution in [2.24, 2.45) is 0 Å². The van der Waals surface area contributed by atoms with Crippen LogP contribution >= 0.6 is 0 Å². The Kier molecular flexibility index (Phi) is 6.87. The molecule has 30 heavy (non-hydrogen) atoms. The lowest BCUT2D eigenvalue weighted by Crippen LogP contribution is -3.13. The van der Waals surface area contributed by atoms with E-state index in [-0.39, 0.29) is 5.91 Å². The number of benzene rings is 2. The Morgan fingerprint density at radius 3 is 2.47 bits per heavy atom. The lowest BCUT2D eigenvalue weighted by Gasteiger charge is -2.32. The van der Waals surface area contributed by atoms with Crippen LogP contribution < -0.4 is 14.4 Å². The third-order valence-corrected chi connectivity index (χ3v) is 5.18. The molecule has 162 valence electrons. The first-order valence-corrected chi connectivity index (χ1v) is 9.91. The van der Waals surface area contributed by atoms with E-state index in [1.807, 2.05) is 6.92 Å². The van der Waals surface area contributed by atoms with Crippen molar-refractivity contribution in [2.45, 2.75) is 19.6 Å². The molecular weight excluding hydrogens is 397 g/mol. The molecule has 5 nitrogen and oxygen atoms in total. The van der Waals surface area contributed by atoms with Crippen molar-refractivity contribution in [3.05, 3.63) is 59.2 Å². The van der Waals surface area contributed by atoms with Gasteiger partial charge in [0.25, 0.3) is 5.91 Å². The average molecular weight is 423 g/mol. The number of methoxy groups -OCH3 is 1. The number of carbonyl (C=O) groups excluding carboxylic acids is 1. The zero-order chi connectivity index (χ0) is 21.7. The summed E-state index contributed by atoms with van der Waals surface area (Å²) in [4.78, 5) is 15.8. The third kappa shape index (κ3) is 5.24. The second-order valence-corrected chi connectivity index (χ2v) is 7.22. The minimum Gasteiger partial charge on any atom is -0.493 e. The fourth-order valence-electron chi connectivity index (χ4n) is 3.61. The zero-order valence-electron chi connectivity index (χ0n) is 17.1. The Morgan fingerprint density at radius 1 is 1.10 bits per heavy atom. The Morgan fingerprint density at radius 2 is 1.83 bits per heavy atom. The summed E-state index contributed by atoms with van der Waals surface area (Å²) < 4.78 is 49.5. The van der Waals surface area contributed by atoms with Gasteiger partial charge in [-0.15, -0.1) is 0 Å². The number of quaternary nitrogens is 1. The van der Waals surface area contributed by atoms with E-state index in [0.29, 0.717) is 62.0 Å². The highest BCUT2D eigenvalue weighted by Gasteiger charge is 2.31. The van der Waals surface area contributed by atoms with Gasteiger partial charge in [-0.25, -0.2) is 0 Å². The highest BCUT2D eigenvalue weighted by molar-refractivity contribution is 5.95. The third-order valence-electron chi connectivity index (χ3n) is 5.18. The molecule has 1 aliphatic rings. The zero-order valence-corrected chi connectivity index (χ0v) is 17.1. The van der Waals surface area contributed by atoms with Crippen LogP contribution in [0.2, 0.25) is 0 Å². The molecule has 0 spiro atoms. The molecule has 0 unspecified atom stereocenters. The van der Waals surface area contributed by atoms with Crippen molar-refractivity contribution in [1.29, 1.82) is 0 Å². The van der Waals surface area contributed by atoms with Gasteiger partial charge in [0.1, 0.15) is 6.54 Å². The molecule has 1 heterocycles. The van der Waals surface area contributed by atoms with E-state index in [1.54, 1.807) is 29.2 Å². The predicted molar refractivity (Wildman–Crippen MR) is 106 cm³/mol. The number of piperazine rings is 1. The summed E-state index contributed by atoms with van der Waals surface area (Å²) in [5, 5.41) is 0. The van der Waals surface area contributed by atoms with Crippen LogP contribution in [-0.2, 0) is 12.7 Å². The molecule has 0 aliphatic carbocycles. The van der Waals surface area contributed by atoms with Gasteiger partial charge in [0.15, 0.2) is 11.5 Å². The summed E-state index contributed by atoms with van der Waals surface area (Å²) >= 11 is 0. The number of ether oxygens (including phenoxy) is 2. The summed E-state index contributed by atoms with van der Waals surface area (Å²) in [6.07, 6.45) is -4.34. The lowest BCUT2D eigenvalue weighted by atomic mass is 10.1. The molecule has 3 rings (SSSR count). The van der Waals surface area contributed by atoms with Crippen LogP contribution in [0.1, 0.15) is 28.4 Å². The van der Waals surface area contributed by atoms with Crippen molar-refractivity contribution in [3.8, 4) is 11.5 Å². The van der Waals surface area contributed by atoms with Crippen LogP contribution in [0.5, 0.6) is 11.5 Å². The standard InChI is InChI=1S/C22H25F3N2O3/c1-3-30-19-8-7-17(14-20(19)29-2)21(28)27-11-9-26(10-12-27)15-16-5-4-6-18(13-16)22(23,24)25/h4-8,13-14H,3,9-12,15H2,1-2H3/p+1. The second-order valence-electron chi connectivity index (χ2n) is 7.22. The minimum atomic E-state index is -4.34. The van der Waals surface area contributed by atoms with Crippen LogP contribution in [0.15, 0.2) is 42.5 Å². The molecule has 1 fully saturated rings. The number of amides is 1. The van der Waals surface area contributed by atoms with Gasteiger partial charge in [-0.1, -0.05) is 12.1 Å². The first-order valence-electron chi connectivity index (χ1n) is 9.91. The minimum absolute atomic E-state index is 0.0885. The number of nitrogens with one attached hydrogen (secondary N) is 1. The Balaban J connectivity index is 1.60. The van der Waals surface area contributed by atoms with E-state index in [4.69, 9.17) is 9.47 Å². The Labute approximate surface area is 174 Å². The van der Waals surface area contributed by atoms with E-state index in [1.165, 1.54) is 19.2 Å². The maximum atomic E-state index is 12.9. The predicted octanol–water partition coefficient (Wildman–Crippen LogP) is 2.65. The largest absolute Gasteiger partial charge is 0.493 e. The summed E-state index contributed by atoms with van der Waals surface area (Å²) in [5.74, 6) is 1.01. The van der Waals surface area contributed by atoms with Crippen LogP contribution in [0.25, 0.3) is 0 Å². The molecule has 8 heteroatoms. The number of halogens is 3. The number of rotatable bonds is 6. The van der Waals surface area contributed by atoms with Gasteiger partial charge in [0.05, 0.1) is 45.5 Å². The van der Waals surface area contributed by atoms with Crippen LogP contribution in [0.3, 0.4) is 0 Å². The molecule has 0 aromatic heterocycles. The average Bonchev–Trinajstić information content (AvgIpc) is 2.74. The van der Waals surface area contributed by atoms with Gasteiger partial charge in [0.2, 0.25) is 0 Å². The number of hydrogen-bond donors (Lipinski definition) is 1. The molecule has 0 radical (unpaired) electrons. The molecule has 0 bridgehead atoms. The summed E-state index contributed by atoms with van der Waals surface area (Å²) in [6, 6.07) is 10.6. The fraction of sp³-hybridized carbons (Fsp3) is 0.409. The van der Waals surface area contributed by atoms with Crippen LogP contribution in [0.4, 0.5) is 13.2 Å². The maximum absolute atomic E-state index is 12.9. The van der Waals surface area contributed by atoms with Gasteiger partial charge in [0, 0.05) is 11.1 Å². The maximum Gasteiger partial charge on any atom is 0.416 e. The van der Waals surface area contributed by atoms with Crippen molar-refractivity contribution in [3.63, 3.8) is 0 Å². The first-order chi connectivity index (χ1) is 14.3. The highest BCUT2D eigenvalue weighted by Crippen LogP contribution is 2.30. The molecule has 2 aromatic carbocycles. The normalized spacial score (nSPS) is 15.2. The van der Waals surface area contributed by atoms with E-state index < -0.39 is 11.7 Å². The molecule has 0 atom stereocenters. The van der Waals surface area contributed by atoms with E-state index in [9.17, 15) is 18.0 Å². The summed E-state index contributed by atoms with van der Waals surface area (Å²) in [6.45, 7) is 5.32. The van der Waals surface area contributed by atoms with Crippen LogP contribution in [0, 0.1) is 0 Å². The molecule has 0 saturated carbocycles.